The lowest BCUT2D eigenvalue weighted by Crippen LogP contribution is -2.34. The van der Waals surface area contributed by atoms with E-state index in [1.165, 1.54) is 6.33 Å². The van der Waals surface area contributed by atoms with Crippen LogP contribution in [0.25, 0.3) is 0 Å². The molecular weight excluding hydrogens is 262 g/mol. The fourth-order valence-corrected chi connectivity index (χ4v) is 2.63. The molecule has 0 spiro atoms. The van der Waals surface area contributed by atoms with Crippen molar-refractivity contribution in [1.82, 2.24) is 19.9 Å². The van der Waals surface area contributed by atoms with Crippen LogP contribution in [0.5, 0.6) is 0 Å². The van der Waals surface area contributed by atoms with Crippen LogP contribution in [0.4, 0.5) is 5.82 Å². The molecule has 0 bridgehead atoms. The van der Waals surface area contributed by atoms with Gasteiger partial charge in [-0.25, -0.2) is 19.9 Å². The minimum Gasteiger partial charge on any atom is -0.355 e. The Bertz CT molecular complexity index is 540. The summed E-state index contributed by atoms with van der Waals surface area (Å²) in [5.41, 5.74) is 0. The summed E-state index contributed by atoms with van der Waals surface area (Å²) >= 11 is 6.12. The summed E-state index contributed by atoms with van der Waals surface area (Å²) in [7, 11) is 0. The zero-order valence-corrected chi connectivity index (χ0v) is 11.2. The van der Waals surface area contributed by atoms with Gasteiger partial charge in [0.1, 0.15) is 17.2 Å². The number of piperidine rings is 1. The van der Waals surface area contributed by atoms with Gasteiger partial charge >= 0.3 is 0 Å². The highest BCUT2D eigenvalue weighted by Crippen LogP contribution is 2.30. The maximum atomic E-state index is 6.12. The topological polar surface area (TPSA) is 54.8 Å². The van der Waals surface area contributed by atoms with Gasteiger partial charge in [0.25, 0.3) is 0 Å². The Hall–Kier alpha value is -1.75. The summed E-state index contributed by atoms with van der Waals surface area (Å²) < 4.78 is 0. The largest absolute Gasteiger partial charge is 0.355 e. The Morgan fingerprint density at radius 1 is 1.11 bits per heavy atom. The van der Waals surface area contributed by atoms with Crippen LogP contribution >= 0.6 is 11.6 Å². The van der Waals surface area contributed by atoms with Crippen LogP contribution in [0.2, 0.25) is 5.02 Å². The summed E-state index contributed by atoms with van der Waals surface area (Å²) in [5.74, 6) is 2.19. The molecule has 1 saturated heterocycles. The molecule has 2 aromatic heterocycles. The predicted molar refractivity (Wildman–Crippen MR) is 73.3 cm³/mol. The second-order valence-corrected chi connectivity index (χ2v) is 4.97. The van der Waals surface area contributed by atoms with Gasteiger partial charge in [0.05, 0.1) is 6.20 Å². The van der Waals surface area contributed by atoms with Crippen molar-refractivity contribution in [3.8, 4) is 0 Å². The molecule has 0 amide bonds. The molecule has 3 rings (SSSR count). The molecule has 0 saturated carbocycles. The molecule has 3 heterocycles. The van der Waals surface area contributed by atoms with Crippen LogP contribution in [0.1, 0.15) is 24.6 Å². The van der Waals surface area contributed by atoms with Crippen molar-refractivity contribution in [2.75, 3.05) is 18.0 Å². The third kappa shape index (κ3) is 2.66. The highest BCUT2D eigenvalue weighted by Gasteiger charge is 2.24. The molecule has 2 aromatic rings. The third-order valence-electron chi connectivity index (χ3n) is 3.39. The van der Waals surface area contributed by atoms with Crippen molar-refractivity contribution in [2.45, 2.75) is 18.8 Å². The number of hydrogen-bond acceptors (Lipinski definition) is 5. The second-order valence-electron chi connectivity index (χ2n) is 4.56. The Morgan fingerprint density at radius 2 is 1.84 bits per heavy atom. The third-order valence-corrected chi connectivity index (χ3v) is 3.66. The van der Waals surface area contributed by atoms with Crippen molar-refractivity contribution in [1.29, 1.82) is 0 Å². The Morgan fingerprint density at radius 3 is 2.53 bits per heavy atom. The lowest BCUT2D eigenvalue weighted by molar-refractivity contribution is 0.483. The highest BCUT2D eigenvalue weighted by atomic mass is 35.5. The Balaban J connectivity index is 1.69. The van der Waals surface area contributed by atoms with E-state index < -0.39 is 0 Å². The second kappa shape index (κ2) is 5.48. The van der Waals surface area contributed by atoms with E-state index in [1.54, 1.807) is 18.6 Å². The number of hydrogen-bond donors (Lipinski definition) is 0. The first kappa shape index (κ1) is 12.3. The standard InChI is InChI=1S/C13H14ClN5/c14-11-8-15-9-18-13(11)19-6-2-10(3-7-19)12-16-4-1-5-17-12/h1,4-5,8-10H,2-3,6-7H2. The van der Waals surface area contributed by atoms with Crippen molar-refractivity contribution in [3.05, 3.63) is 41.8 Å². The fraction of sp³-hybridized carbons (Fsp3) is 0.385. The van der Waals surface area contributed by atoms with Gasteiger partial charge in [0, 0.05) is 31.4 Å². The molecule has 0 unspecified atom stereocenters. The van der Waals surface area contributed by atoms with Gasteiger partial charge in [-0.3, -0.25) is 0 Å². The highest BCUT2D eigenvalue weighted by molar-refractivity contribution is 6.32. The van der Waals surface area contributed by atoms with E-state index in [4.69, 9.17) is 11.6 Å². The SMILES string of the molecule is Clc1cncnc1N1CCC(c2ncccn2)CC1. The Labute approximate surface area is 116 Å². The molecule has 0 aromatic carbocycles. The van der Waals surface area contributed by atoms with Crippen LogP contribution in [0.3, 0.4) is 0 Å². The van der Waals surface area contributed by atoms with E-state index in [9.17, 15) is 0 Å². The smallest absolute Gasteiger partial charge is 0.150 e. The maximum Gasteiger partial charge on any atom is 0.150 e. The van der Waals surface area contributed by atoms with Crippen LogP contribution in [0.15, 0.2) is 31.0 Å². The summed E-state index contributed by atoms with van der Waals surface area (Å²) in [5, 5.41) is 0.608. The van der Waals surface area contributed by atoms with Crippen molar-refractivity contribution < 1.29 is 0 Å². The van der Waals surface area contributed by atoms with Gasteiger partial charge in [-0.1, -0.05) is 11.6 Å². The molecule has 5 nitrogen and oxygen atoms in total. The molecular formula is C13H14ClN5. The molecule has 6 heteroatoms. The minimum atomic E-state index is 0.429. The first-order valence-corrected chi connectivity index (χ1v) is 6.70. The van der Waals surface area contributed by atoms with Crippen LogP contribution in [0, 0.1) is 0 Å². The van der Waals surface area contributed by atoms with Gasteiger partial charge in [-0.05, 0) is 18.9 Å². The van der Waals surface area contributed by atoms with Crippen LogP contribution in [-0.4, -0.2) is 33.0 Å². The van der Waals surface area contributed by atoms with Crippen LogP contribution < -0.4 is 4.90 Å². The van der Waals surface area contributed by atoms with E-state index in [1.807, 2.05) is 6.07 Å². The molecule has 0 atom stereocenters. The first-order chi connectivity index (χ1) is 9.34. The quantitative estimate of drug-likeness (QED) is 0.842. The average Bonchev–Trinajstić information content (AvgIpc) is 2.49. The monoisotopic (exact) mass is 275 g/mol. The molecule has 0 aliphatic carbocycles. The molecule has 1 aliphatic heterocycles. The molecule has 98 valence electrons. The molecule has 19 heavy (non-hydrogen) atoms. The Kier molecular flexibility index (Phi) is 3.55. The normalized spacial score (nSPS) is 16.6. The van der Waals surface area contributed by atoms with Crippen molar-refractivity contribution in [2.24, 2.45) is 0 Å². The zero-order valence-electron chi connectivity index (χ0n) is 10.4. The van der Waals surface area contributed by atoms with E-state index in [-0.39, 0.29) is 0 Å². The van der Waals surface area contributed by atoms with E-state index in [0.29, 0.717) is 10.9 Å². The first-order valence-electron chi connectivity index (χ1n) is 6.32. The molecule has 1 aliphatic rings. The number of nitrogens with zero attached hydrogens (tertiary/aromatic N) is 5. The summed E-state index contributed by atoms with van der Waals surface area (Å²) in [6.07, 6.45) is 8.81. The van der Waals surface area contributed by atoms with Gasteiger partial charge in [-0.2, -0.15) is 0 Å². The lowest BCUT2D eigenvalue weighted by Gasteiger charge is -2.32. The number of anilines is 1. The summed E-state index contributed by atoms with van der Waals surface area (Å²) in [4.78, 5) is 19.0. The maximum absolute atomic E-state index is 6.12. The number of halogens is 1. The van der Waals surface area contributed by atoms with Crippen LogP contribution in [-0.2, 0) is 0 Å². The summed E-state index contributed by atoms with van der Waals surface area (Å²) in [6, 6.07) is 1.85. The predicted octanol–water partition coefficient (Wildman–Crippen LogP) is 2.30. The molecule has 0 N–H and O–H groups in total. The van der Waals surface area contributed by atoms with E-state index in [2.05, 4.69) is 24.8 Å². The van der Waals surface area contributed by atoms with Gasteiger partial charge < -0.3 is 4.90 Å². The fourth-order valence-electron chi connectivity index (χ4n) is 2.41. The summed E-state index contributed by atoms with van der Waals surface area (Å²) in [6.45, 7) is 1.83. The molecule has 1 fully saturated rings. The van der Waals surface area contributed by atoms with Crippen molar-refractivity contribution in [3.63, 3.8) is 0 Å². The number of rotatable bonds is 2. The zero-order chi connectivity index (χ0) is 13.1. The van der Waals surface area contributed by atoms with Crippen molar-refractivity contribution >= 4 is 17.4 Å². The minimum absolute atomic E-state index is 0.429. The van der Waals surface area contributed by atoms with Gasteiger partial charge in [0.2, 0.25) is 0 Å². The molecule has 0 radical (unpaired) electrons. The average molecular weight is 276 g/mol. The van der Waals surface area contributed by atoms with Gasteiger partial charge in [-0.15, -0.1) is 0 Å². The van der Waals surface area contributed by atoms with Gasteiger partial charge in [0.15, 0.2) is 5.82 Å². The number of aromatic nitrogens is 4. The van der Waals surface area contributed by atoms with E-state index in [0.717, 1.165) is 37.6 Å². The lowest BCUT2D eigenvalue weighted by atomic mass is 9.96. The van der Waals surface area contributed by atoms with E-state index >= 15 is 0 Å².